The van der Waals surface area contributed by atoms with E-state index >= 15 is 0 Å². The number of thiazole rings is 1. The van der Waals surface area contributed by atoms with Gasteiger partial charge in [0.05, 0.1) is 19.0 Å². The lowest BCUT2D eigenvalue weighted by molar-refractivity contribution is 0.415. The molecule has 0 amide bonds. The molecule has 0 radical (unpaired) electrons. The number of hydrogen-bond acceptors (Lipinski definition) is 5. The van der Waals surface area contributed by atoms with Crippen LogP contribution >= 0.6 is 11.3 Å². The van der Waals surface area contributed by atoms with Crippen LogP contribution in [0.5, 0.6) is 5.75 Å². The van der Waals surface area contributed by atoms with E-state index in [-0.39, 0.29) is 5.41 Å². The highest BCUT2D eigenvalue weighted by molar-refractivity contribution is 7.14. The van der Waals surface area contributed by atoms with Crippen molar-refractivity contribution in [2.24, 2.45) is 5.10 Å². The van der Waals surface area contributed by atoms with Crippen LogP contribution in [0, 0.1) is 0 Å². The Balaban J connectivity index is 1.63. The molecule has 3 rings (SSSR count). The molecule has 0 unspecified atom stereocenters. The van der Waals surface area contributed by atoms with Crippen molar-refractivity contribution in [2.75, 3.05) is 12.5 Å². The Hall–Kier alpha value is -2.66. The summed E-state index contributed by atoms with van der Waals surface area (Å²) < 4.78 is 5.18. The second-order valence-electron chi connectivity index (χ2n) is 7.01. The lowest BCUT2D eigenvalue weighted by atomic mass is 9.87. The lowest BCUT2D eigenvalue weighted by Crippen LogP contribution is -2.10. The maximum atomic E-state index is 5.18. The van der Waals surface area contributed by atoms with Gasteiger partial charge in [-0.2, -0.15) is 5.10 Å². The molecule has 0 spiro atoms. The Labute approximate surface area is 158 Å². The van der Waals surface area contributed by atoms with E-state index in [4.69, 9.17) is 4.74 Å². The highest BCUT2D eigenvalue weighted by atomic mass is 32.1. The maximum absolute atomic E-state index is 5.18. The van der Waals surface area contributed by atoms with Crippen molar-refractivity contribution in [1.29, 1.82) is 0 Å². The minimum atomic E-state index is 0.159. The SMILES string of the molecule is COc1ccc(-c2csc(N/N=C\c3ccc(C(C)(C)C)cc3)n2)cc1. The number of methoxy groups -OCH3 is 1. The first kappa shape index (κ1) is 18.1. The Morgan fingerprint density at radius 1 is 1.04 bits per heavy atom. The molecule has 0 atom stereocenters. The van der Waals surface area contributed by atoms with Crippen LogP contribution in [0.2, 0.25) is 0 Å². The number of hydrazone groups is 1. The van der Waals surface area contributed by atoms with E-state index in [9.17, 15) is 0 Å². The Morgan fingerprint density at radius 3 is 2.35 bits per heavy atom. The molecule has 3 aromatic rings. The number of hydrogen-bond donors (Lipinski definition) is 1. The molecule has 0 bridgehead atoms. The predicted molar refractivity (Wildman–Crippen MR) is 110 cm³/mol. The first-order valence-electron chi connectivity index (χ1n) is 8.45. The third-order valence-electron chi connectivity index (χ3n) is 4.04. The molecular weight excluding hydrogens is 342 g/mol. The van der Waals surface area contributed by atoms with Crippen LogP contribution in [-0.2, 0) is 5.41 Å². The summed E-state index contributed by atoms with van der Waals surface area (Å²) in [6, 6.07) is 16.3. The van der Waals surface area contributed by atoms with Crippen molar-refractivity contribution in [3.05, 3.63) is 65.0 Å². The van der Waals surface area contributed by atoms with Gasteiger partial charge in [-0.05, 0) is 40.8 Å². The van der Waals surface area contributed by atoms with Gasteiger partial charge in [0.25, 0.3) is 0 Å². The van der Waals surface area contributed by atoms with Gasteiger partial charge in [-0.1, -0.05) is 45.0 Å². The quantitative estimate of drug-likeness (QED) is 0.475. The molecule has 134 valence electrons. The number of aromatic nitrogens is 1. The summed E-state index contributed by atoms with van der Waals surface area (Å²) in [6.07, 6.45) is 1.81. The second kappa shape index (κ2) is 7.70. The number of ether oxygens (including phenoxy) is 1. The summed E-state index contributed by atoms with van der Waals surface area (Å²) in [5.74, 6) is 0.837. The van der Waals surface area contributed by atoms with Gasteiger partial charge < -0.3 is 4.74 Å². The average molecular weight is 366 g/mol. The van der Waals surface area contributed by atoms with Gasteiger partial charge in [0.15, 0.2) is 0 Å². The van der Waals surface area contributed by atoms with Crippen LogP contribution in [0.3, 0.4) is 0 Å². The molecule has 2 aromatic carbocycles. The zero-order valence-electron chi connectivity index (χ0n) is 15.5. The molecule has 26 heavy (non-hydrogen) atoms. The molecule has 5 heteroatoms. The summed E-state index contributed by atoms with van der Waals surface area (Å²) in [5, 5.41) is 7.07. The fourth-order valence-electron chi connectivity index (χ4n) is 2.45. The van der Waals surface area contributed by atoms with Crippen molar-refractivity contribution >= 4 is 22.7 Å². The third kappa shape index (κ3) is 4.49. The van der Waals surface area contributed by atoms with E-state index in [0.717, 1.165) is 27.7 Å². The zero-order valence-corrected chi connectivity index (χ0v) is 16.3. The van der Waals surface area contributed by atoms with Crippen LogP contribution in [0.4, 0.5) is 5.13 Å². The van der Waals surface area contributed by atoms with Crippen molar-refractivity contribution in [3.63, 3.8) is 0 Å². The van der Waals surface area contributed by atoms with Crippen molar-refractivity contribution < 1.29 is 4.74 Å². The molecule has 0 saturated heterocycles. The molecule has 0 aliphatic rings. The van der Waals surface area contributed by atoms with E-state index < -0.39 is 0 Å². The molecule has 4 nitrogen and oxygen atoms in total. The fourth-order valence-corrected chi connectivity index (χ4v) is 3.12. The van der Waals surface area contributed by atoms with E-state index in [2.05, 4.69) is 60.5 Å². The van der Waals surface area contributed by atoms with Gasteiger partial charge in [-0.3, -0.25) is 5.43 Å². The number of rotatable bonds is 5. The molecular formula is C21H23N3OS. The molecule has 1 heterocycles. The van der Waals surface area contributed by atoms with E-state index in [1.165, 1.54) is 16.9 Å². The standard InChI is InChI=1S/C21H23N3OS/c1-21(2,3)17-9-5-15(6-10-17)13-22-24-20-23-19(14-26-20)16-7-11-18(25-4)12-8-16/h5-14H,1-4H3,(H,23,24)/b22-13-. The summed E-state index contributed by atoms with van der Waals surface area (Å²) in [5.41, 5.74) is 7.50. The summed E-state index contributed by atoms with van der Waals surface area (Å²) in [4.78, 5) is 4.57. The normalized spacial score (nSPS) is 11.7. The van der Waals surface area contributed by atoms with Gasteiger partial charge in [-0.15, -0.1) is 11.3 Å². The van der Waals surface area contributed by atoms with Crippen LogP contribution in [0.15, 0.2) is 59.0 Å². The predicted octanol–water partition coefficient (Wildman–Crippen LogP) is 5.56. The zero-order chi connectivity index (χ0) is 18.6. The Bertz CT molecular complexity index is 875. The first-order valence-corrected chi connectivity index (χ1v) is 9.33. The minimum Gasteiger partial charge on any atom is -0.497 e. The van der Waals surface area contributed by atoms with E-state index in [1.54, 1.807) is 13.3 Å². The lowest BCUT2D eigenvalue weighted by Gasteiger charge is -2.18. The maximum Gasteiger partial charge on any atom is 0.203 e. The Morgan fingerprint density at radius 2 is 1.73 bits per heavy atom. The number of anilines is 1. The smallest absolute Gasteiger partial charge is 0.203 e. The van der Waals surface area contributed by atoms with Gasteiger partial charge in [0.1, 0.15) is 5.75 Å². The summed E-state index contributed by atoms with van der Waals surface area (Å²) in [7, 11) is 1.66. The number of nitrogens with zero attached hydrogens (tertiary/aromatic N) is 2. The van der Waals surface area contributed by atoms with Crippen LogP contribution < -0.4 is 10.2 Å². The van der Waals surface area contributed by atoms with E-state index in [0.29, 0.717) is 0 Å². The molecule has 0 aliphatic carbocycles. The highest BCUT2D eigenvalue weighted by Gasteiger charge is 2.12. The van der Waals surface area contributed by atoms with Crippen LogP contribution in [0.1, 0.15) is 31.9 Å². The molecule has 0 saturated carbocycles. The van der Waals surface area contributed by atoms with Crippen molar-refractivity contribution in [2.45, 2.75) is 26.2 Å². The van der Waals surface area contributed by atoms with Gasteiger partial charge in [0, 0.05) is 10.9 Å². The molecule has 0 fully saturated rings. The van der Waals surface area contributed by atoms with Crippen molar-refractivity contribution in [1.82, 2.24) is 4.98 Å². The summed E-state index contributed by atoms with van der Waals surface area (Å²) >= 11 is 1.53. The molecule has 1 N–H and O–H groups in total. The highest BCUT2D eigenvalue weighted by Crippen LogP contribution is 2.26. The van der Waals surface area contributed by atoms with Gasteiger partial charge in [0.2, 0.25) is 5.13 Å². The van der Waals surface area contributed by atoms with Gasteiger partial charge >= 0.3 is 0 Å². The average Bonchev–Trinajstić information content (AvgIpc) is 3.10. The minimum absolute atomic E-state index is 0.159. The summed E-state index contributed by atoms with van der Waals surface area (Å²) in [6.45, 7) is 6.63. The largest absolute Gasteiger partial charge is 0.497 e. The van der Waals surface area contributed by atoms with Crippen LogP contribution in [0.25, 0.3) is 11.3 Å². The fraction of sp³-hybridized carbons (Fsp3) is 0.238. The monoisotopic (exact) mass is 365 g/mol. The Kier molecular flexibility index (Phi) is 5.38. The molecule has 0 aliphatic heterocycles. The topological polar surface area (TPSA) is 46.5 Å². The van der Waals surface area contributed by atoms with Gasteiger partial charge in [-0.25, -0.2) is 4.98 Å². The van der Waals surface area contributed by atoms with Crippen LogP contribution in [-0.4, -0.2) is 18.3 Å². The third-order valence-corrected chi connectivity index (χ3v) is 4.79. The van der Waals surface area contributed by atoms with Crippen molar-refractivity contribution in [3.8, 4) is 17.0 Å². The second-order valence-corrected chi connectivity index (χ2v) is 7.87. The molecule has 1 aromatic heterocycles. The number of benzene rings is 2. The van der Waals surface area contributed by atoms with E-state index in [1.807, 2.05) is 29.6 Å². The first-order chi connectivity index (χ1) is 12.5. The number of nitrogens with one attached hydrogen (secondary N) is 1.